The number of thioether (sulfide) groups is 1. The van der Waals surface area contributed by atoms with Crippen LogP contribution >= 0.6 is 11.8 Å². The molecule has 0 aliphatic carbocycles. The number of nitrogens with zero attached hydrogens (tertiary/aromatic N) is 3. The topological polar surface area (TPSA) is 59.9 Å². The van der Waals surface area contributed by atoms with Crippen LogP contribution in [0.15, 0.2) is 5.16 Å². The summed E-state index contributed by atoms with van der Waals surface area (Å²) < 4.78 is 5.44. The summed E-state index contributed by atoms with van der Waals surface area (Å²) in [5, 5.41) is 4.12. The molecule has 0 aliphatic heterocycles. The van der Waals surface area contributed by atoms with Crippen LogP contribution in [-0.4, -0.2) is 33.9 Å². The van der Waals surface area contributed by atoms with Crippen LogP contribution in [0, 0.1) is 0 Å². The van der Waals surface area contributed by atoms with E-state index in [9.17, 15) is 0 Å². The first-order chi connectivity index (χ1) is 8.19. The maximum absolute atomic E-state index is 5.44. The lowest BCUT2D eigenvalue weighted by Crippen LogP contribution is -2.06. The van der Waals surface area contributed by atoms with E-state index in [4.69, 9.17) is 4.74 Å². The Labute approximate surface area is 107 Å². The predicted molar refractivity (Wildman–Crippen MR) is 70.8 cm³/mol. The van der Waals surface area contributed by atoms with Gasteiger partial charge < -0.3 is 10.1 Å². The van der Waals surface area contributed by atoms with Gasteiger partial charge in [0.2, 0.25) is 5.95 Å². The molecule has 1 rings (SSSR count). The number of nitrogens with one attached hydrogen (secondary N) is 1. The van der Waals surface area contributed by atoms with Crippen LogP contribution in [0.4, 0.5) is 5.95 Å². The van der Waals surface area contributed by atoms with Gasteiger partial charge in [-0.1, -0.05) is 32.5 Å². The van der Waals surface area contributed by atoms with Crippen molar-refractivity contribution in [1.82, 2.24) is 15.0 Å². The highest BCUT2D eigenvalue weighted by Crippen LogP contribution is 2.23. The van der Waals surface area contributed by atoms with Gasteiger partial charge in [-0.25, -0.2) is 0 Å². The van der Waals surface area contributed by atoms with Crippen LogP contribution in [-0.2, 0) is 0 Å². The minimum Gasteiger partial charge on any atom is -0.463 e. The van der Waals surface area contributed by atoms with Crippen molar-refractivity contribution in [1.29, 1.82) is 0 Å². The van der Waals surface area contributed by atoms with Crippen molar-refractivity contribution >= 4 is 17.7 Å². The highest BCUT2D eigenvalue weighted by molar-refractivity contribution is 7.99. The molecule has 1 atom stereocenters. The summed E-state index contributed by atoms with van der Waals surface area (Å²) in [6, 6.07) is 0.400. The van der Waals surface area contributed by atoms with E-state index < -0.39 is 0 Å². The molecule has 1 aromatic rings. The second kappa shape index (κ2) is 7.32. The van der Waals surface area contributed by atoms with Crippen molar-refractivity contribution < 1.29 is 4.74 Å². The molecule has 5 nitrogen and oxygen atoms in total. The number of rotatable bonds is 7. The van der Waals surface area contributed by atoms with E-state index in [1.165, 1.54) is 0 Å². The first kappa shape index (κ1) is 14.0. The molecule has 0 saturated heterocycles. The Kier molecular flexibility index (Phi) is 6.04. The van der Waals surface area contributed by atoms with E-state index in [2.05, 4.69) is 41.0 Å². The fraction of sp³-hybridized carbons (Fsp3) is 0.727. The van der Waals surface area contributed by atoms with Gasteiger partial charge in [0.15, 0.2) is 5.16 Å². The van der Waals surface area contributed by atoms with E-state index >= 15 is 0 Å². The molecule has 0 spiro atoms. The Morgan fingerprint density at radius 2 is 2.06 bits per heavy atom. The molecule has 0 fully saturated rings. The molecule has 0 radical (unpaired) electrons. The van der Waals surface area contributed by atoms with Crippen LogP contribution in [0.25, 0.3) is 0 Å². The van der Waals surface area contributed by atoms with Crippen molar-refractivity contribution in [3.05, 3.63) is 0 Å². The van der Waals surface area contributed by atoms with Gasteiger partial charge in [0.1, 0.15) is 0 Å². The standard InChI is InChI=1S/C11H20N4OS/c1-5-7-16-10-13-9(12-4)14-11(15-10)17-8(3)6-2/h8H,5-7H2,1-4H3,(H,12,13,14,15). The van der Waals surface area contributed by atoms with Crippen molar-refractivity contribution in [3.8, 4) is 6.01 Å². The van der Waals surface area contributed by atoms with Gasteiger partial charge in [0, 0.05) is 12.3 Å². The minimum atomic E-state index is 0.400. The lowest BCUT2D eigenvalue weighted by atomic mass is 10.4. The van der Waals surface area contributed by atoms with Crippen LogP contribution < -0.4 is 10.1 Å². The van der Waals surface area contributed by atoms with E-state index in [1.54, 1.807) is 18.8 Å². The summed E-state index contributed by atoms with van der Waals surface area (Å²) >= 11 is 1.64. The Morgan fingerprint density at radius 3 is 2.65 bits per heavy atom. The smallest absolute Gasteiger partial charge is 0.322 e. The number of hydrogen-bond donors (Lipinski definition) is 1. The zero-order chi connectivity index (χ0) is 12.7. The van der Waals surface area contributed by atoms with Crippen LogP contribution in [0.3, 0.4) is 0 Å². The molecule has 1 heterocycles. The third-order valence-electron chi connectivity index (χ3n) is 2.13. The molecule has 1 aromatic heterocycles. The average molecular weight is 256 g/mol. The van der Waals surface area contributed by atoms with Gasteiger partial charge in [-0.3, -0.25) is 0 Å². The zero-order valence-corrected chi connectivity index (χ0v) is 11.7. The first-order valence-corrected chi connectivity index (χ1v) is 6.80. The summed E-state index contributed by atoms with van der Waals surface area (Å²) in [5.74, 6) is 0.553. The van der Waals surface area contributed by atoms with E-state index in [0.717, 1.165) is 12.8 Å². The van der Waals surface area contributed by atoms with Crippen molar-refractivity contribution in [2.45, 2.75) is 44.0 Å². The number of hydrogen-bond acceptors (Lipinski definition) is 6. The third-order valence-corrected chi connectivity index (χ3v) is 3.26. The van der Waals surface area contributed by atoms with Crippen molar-refractivity contribution in [3.63, 3.8) is 0 Å². The molecule has 0 amide bonds. The van der Waals surface area contributed by atoms with Gasteiger partial charge >= 0.3 is 6.01 Å². The van der Waals surface area contributed by atoms with Crippen LogP contribution in [0.2, 0.25) is 0 Å². The summed E-state index contributed by atoms with van der Waals surface area (Å²) in [5.41, 5.74) is 0. The molecule has 0 saturated carbocycles. The quantitative estimate of drug-likeness (QED) is 0.757. The second-order valence-electron chi connectivity index (χ2n) is 3.66. The number of anilines is 1. The van der Waals surface area contributed by atoms with E-state index in [-0.39, 0.29) is 0 Å². The molecule has 1 unspecified atom stereocenters. The normalized spacial score (nSPS) is 12.2. The highest BCUT2D eigenvalue weighted by atomic mass is 32.2. The SMILES string of the molecule is CCCOc1nc(NC)nc(SC(C)CC)n1. The van der Waals surface area contributed by atoms with Crippen molar-refractivity contribution in [2.24, 2.45) is 0 Å². The molecule has 0 aromatic carbocycles. The predicted octanol–water partition coefficient (Wildman–Crippen LogP) is 2.59. The minimum absolute atomic E-state index is 0.400. The molecule has 6 heteroatoms. The molecule has 96 valence electrons. The van der Waals surface area contributed by atoms with E-state index in [0.29, 0.717) is 29.0 Å². The average Bonchev–Trinajstić information content (AvgIpc) is 2.35. The lowest BCUT2D eigenvalue weighted by Gasteiger charge is -2.09. The van der Waals surface area contributed by atoms with E-state index in [1.807, 2.05) is 0 Å². The fourth-order valence-corrected chi connectivity index (χ4v) is 1.82. The maximum atomic E-state index is 5.44. The highest BCUT2D eigenvalue weighted by Gasteiger charge is 2.10. The second-order valence-corrected chi connectivity index (χ2v) is 5.06. The maximum Gasteiger partial charge on any atom is 0.322 e. The Hall–Kier alpha value is -1.04. The first-order valence-electron chi connectivity index (χ1n) is 5.92. The molecule has 17 heavy (non-hydrogen) atoms. The van der Waals surface area contributed by atoms with Crippen molar-refractivity contribution in [2.75, 3.05) is 19.0 Å². The number of ether oxygens (including phenoxy) is 1. The molecular weight excluding hydrogens is 236 g/mol. The summed E-state index contributed by atoms with van der Waals surface area (Å²) in [6.45, 7) is 6.97. The lowest BCUT2D eigenvalue weighted by molar-refractivity contribution is 0.288. The van der Waals surface area contributed by atoms with Gasteiger partial charge in [-0.15, -0.1) is 0 Å². The molecule has 0 aliphatic rings. The molecular formula is C11H20N4OS. The summed E-state index contributed by atoms with van der Waals surface area (Å²) in [6.07, 6.45) is 2.02. The van der Waals surface area contributed by atoms with Gasteiger partial charge in [0.05, 0.1) is 6.61 Å². The van der Waals surface area contributed by atoms with Crippen LogP contribution in [0.5, 0.6) is 6.01 Å². The Balaban J connectivity index is 2.80. The third kappa shape index (κ3) is 4.77. The number of aromatic nitrogens is 3. The molecule has 0 bridgehead atoms. The van der Waals surface area contributed by atoms with Gasteiger partial charge in [0.25, 0.3) is 0 Å². The zero-order valence-electron chi connectivity index (χ0n) is 10.9. The fourth-order valence-electron chi connectivity index (χ4n) is 1.02. The van der Waals surface area contributed by atoms with Gasteiger partial charge in [-0.05, 0) is 12.8 Å². The Morgan fingerprint density at radius 1 is 1.29 bits per heavy atom. The largest absolute Gasteiger partial charge is 0.463 e. The Bertz CT molecular complexity index is 348. The van der Waals surface area contributed by atoms with Crippen LogP contribution in [0.1, 0.15) is 33.6 Å². The van der Waals surface area contributed by atoms with Gasteiger partial charge in [-0.2, -0.15) is 15.0 Å². The summed E-state index contributed by atoms with van der Waals surface area (Å²) in [4.78, 5) is 12.7. The molecule has 1 N–H and O–H groups in total. The summed E-state index contributed by atoms with van der Waals surface area (Å²) in [7, 11) is 1.79. The monoisotopic (exact) mass is 256 g/mol.